The molecule has 2 aromatic heterocycles. The Balaban J connectivity index is 1.99. The second kappa shape index (κ2) is 4.84. The van der Waals surface area contributed by atoms with Crippen molar-refractivity contribution in [1.29, 1.82) is 5.26 Å². The van der Waals surface area contributed by atoms with Crippen molar-refractivity contribution in [2.45, 2.75) is 0 Å². The lowest BCUT2D eigenvalue weighted by Gasteiger charge is -2.04. The molecule has 1 aromatic carbocycles. The third kappa shape index (κ3) is 2.24. The Kier molecular flexibility index (Phi) is 3.03. The molecule has 0 aliphatic rings. The number of pyridine rings is 1. The van der Waals surface area contributed by atoms with Gasteiger partial charge in [0.05, 0.1) is 15.8 Å². The predicted octanol–water partition coefficient (Wildman–Crippen LogP) is 3.96. The molecular formula is C13H7ClN4S. The number of thiazole rings is 1. The van der Waals surface area contributed by atoms with Gasteiger partial charge in [-0.25, -0.2) is 9.97 Å². The summed E-state index contributed by atoms with van der Waals surface area (Å²) in [5.41, 5.74) is 1.31. The lowest BCUT2D eigenvalue weighted by molar-refractivity contribution is 1.28. The molecule has 0 amide bonds. The minimum absolute atomic E-state index is 0.309. The number of hydrogen-bond acceptors (Lipinski definition) is 5. The highest BCUT2D eigenvalue weighted by molar-refractivity contribution is 7.22. The Morgan fingerprint density at radius 3 is 2.89 bits per heavy atom. The topological polar surface area (TPSA) is 61.6 Å². The zero-order valence-corrected chi connectivity index (χ0v) is 11.2. The average Bonchev–Trinajstić information content (AvgIpc) is 2.83. The summed E-state index contributed by atoms with van der Waals surface area (Å²) in [6.45, 7) is 0. The zero-order valence-electron chi connectivity index (χ0n) is 9.59. The van der Waals surface area contributed by atoms with E-state index in [1.807, 2.05) is 30.3 Å². The van der Waals surface area contributed by atoms with E-state index in [1.165, 1.54) is 11.3 Å². The molecule has 92 valence electrons. The number of para-hydroxylation sites is 1. The molecule has 2 heterocycles. The fourth-order valence-corrected chi connectivity index (χ4v) is 2.71. The van der Waals surface area contributed by atoms with Crippen LogP contribution < -0.4 is 5.32 Å². The van der Waals surface area contributed by atoms with Crippen LogP contribution in [0.5, 0.6) is 0 Å². The average molecular weight is 287 g/mol. The number of fused-ring (bicyclic) bond motifs is 1. The van der Waals surface area contributed by atoms with Crippen molar-refractivity contribution in [2.24, 2.45) is 0 Å². The molecule has 1 N–H and O–H groups in total. The van der Waals surface area contributed by atoms with E-state index in [9.17, 15) is 0 Å². The Morgan fingerprint density at radius 2 is 2.11 bits per heavy atom. The predicted molar refractivity (Wildman–Crippen MR) is 76.9 cm³/mol. The van der Waals surface area contributed by atoms with Crippen molar-refractivity contribution < 1.29 is 0 Å². The Labute approximate surface area is 118 Å². The Bertz CT molecular complexity index is 758. The van der Waals surface area contributed by atoms with Gasteiger partial charge in [0.1, 0.15) is 11.1 Å². The molecule has 0 saturated carbocycles. The van der Waals surface area contributed by atoms with Crippen LogP contribution in [0.15, 0.2) is 36.5 Å². The maximum Gasteiger partial charge on any atom is 0.189 e. The summed E-state index contributed by atoms with van der Waals surface area (Å²) in [4.78, 5) is 8.56. The molecule has 0 saturated heterocycles. The maximum absolute atomic E-state index is 8.92. The normalized spacial score (nSPS) is 10.3. The van der Waals surface area contributed by atoms with Gasteiger partial charge >= 0.3 is 0 Å². The van der Waals surface area contributed by atoms with Gasteiger partial charge in [-0.15, -0.1) is 0 Å². The number of anilines is 2. The highest BCUT2D eigenvalue weighted by Crippen LogP contribution is 2.30. The molecule has 4 nitrogen and oxygen atoms in total. The third-order valence-corrected chi connectivity index (χ3v) is 3.86. The van der Waals surface area contributed by atoms with Crippen molar-refractivity contribution in [1.82, 2.24) is 9.97 Å². The number of nitriles is 1. The van der Waals surface area contributed by atoms with Gasteiger partial charge < -0.3 is 5.32 Å². The van der Waals surface area contributed by atoms with Gasteiger partial charge in [0.15, 0.2) is 10.9 Å². The van der Waals surface area contributed by atoms with Gasteiger partial charge in [-0.05, 0) is 18.2 Å². The fraction of sp³-hybridized carbons (Fsp3) is 0. The molecule has 19 heavy (non-hydrogen) atoms. The first-order valence-electron chi connectivity index (χ1n) is 5.45. The van der Waals surface area contributed by atoms with E-state index in [0.29, 0.717) is 21.5 Å². The molecule has 0 spiro atoms. The number of benzene rings is 1. The van der Waals surface area contributed by atoms with Crippen LogP contribution in [-0.4, -0.2) is 9.97 Å². The first-order chi connectivity index (χ1) is 9.28. The maximum atomic E-state index is 8.92. The van der Waals surface area contributed by atoms with Crippen molar-refractivity contribution in [2.75, 3.05) is 5.32 Å². The Morgan fingerprint density at radius 1 is 1.26 bits per heavy atom. The van der Waals surface area contributed by atoms with Crippen molar-refractivity contribution >= 4 is 44.1 Å². The number of halogens is 1. The first kappa shape index (κ1) is 11.9. The third-order valence-electron chi connectivity index (χ3n) is 2.53. The van der Waals surface area contributed by atoms with Crippen LogP contribution in [0, 0.1) is 11.3 Å². The van der Waals surface area contributed by atoms with Crippen LogP contribution in [-0.2, 0) is 0 Å². The van der Waals surface area contributed by atoms with E-state index in [-0.39, 0.29) is 0 Å². The monoisotopic (exact) mass is 286 g/mol. The van der Waals surface area contributed by atoms with E-state index in [4.69, 9.17) is 16.9 Å². The summed E-state index contributed by atoms with van der Waals surface area (Å²) in [6.07, 6.45) is 1.54. The molecule has 3 aromatic rings. The second-order valence-corrected chi connectivity index (χ2v) is 5.15. The fourth-order valence-electron chi connectivity index (χ4n) is 1.64. The minimum atomic E-state index is 0.309. The van der Waals surface area contributed by atoms with Crippen LogP contribution >= 0.6 is 22.9 Å². The van der Waals surface area contributed by atoms with Crippen molar-refractivity contribution in [3.63, 3.8) is 0 Å². The van der Waals surface area contributed by atoms with E-state index < -0.39 is 0 Å². The summed E-state index contributed by atoms with van der Waals surface area (Å²) in [5.74, 6) is 0.444. The Hall–Kier alpha value is -2.16. The molecule has 3 rings (SSSR count). The molecule has 0 bridgehead atoms. The summed E-state index contributed by atoms with van der Waals surface area (Å²) in [6, 6.07) is 11.4. The number of nitrogens with one attached hydrogen (secondary N) is 1. The lowest BCUT2D eigenvalue weighted by atomic mass is 10.3. The number of hydrogen-bond donors (Lipinski definition) is 1. The summed E-state index contributed by atoms with van der Waals surface area (Å²) in [5, 5.41) is 13.0. The molecule has 0 aliphatic heterocycles. The van der Waals surface area contributed by atoms with E-state index in [0.717, 1.165) is 10.2 Å². The highest BCUT2D eigenvalue weighted by Gasteiger charge is 2.09. The molecule has 0 radical (unpaired) electrons. The van der Waals surface area contributed by atoms with E-state index in [2.05, 4.69) is 15.3 Å². The minimum Gasteiger partial charge on any atom is -0.315 e. The van der Waals surface area contributed by atoms with Crippen LogP contribution in [0.2, 0.25) is 5.02 Å². The molecule has 0 unspecified atom stereocenters. The molecule has 0 aliphatic carbocycles. The van der Waals surface area contributed by atoms with Crippen LogP contribution in [0.1, 0.15) is 5.56 Å². The lowest BCUT2D eigenvalue weighted by Crippen LogP contribution is -1.95. The standard InChI is InChI=1S/C13H7ClN4S/c14-11-8(7-15)5-6-16-12(11)18-13-17-9-3-1-2-4-10(9)19-13/h1-6H,(H,16,17,18). The molecule has 0 atom stereocenters. The van der Waals surface area contributed by atoms with Gasteiger partial charge in [0.25, 0.3) is 0 Å². The van der Waals surface area contributed by atoms with Crippen molar-refractivity contribution in [3.05, 3.63) is 47.1 Å². The summed E-state index contributed by atoms with van der Waals surface area (Å²) in [7, 11) is 0. The van der Waals surface area contributed by atoms with Gasteiger partial charge in [-0.1, -0.05) is 35.1 Å². The second-order valence-electron chi connectivity index (χ2n) is 3.74. The van der Waals surface area contributed by atoms with Crippen molar-refractivity contribution in [3.8, 4) is 6.07 Å². The zero-order chi connectivity index (χ0) is 13.2. The number of rotatable bonds is 2. The van der Waals surface area contributed by atoms with Crippen LogP contribution in [0.3, 0.4) is 0 Å². The summed E-state index contributed by atoms with van der Waals surface area (Å²) < 4.78 is 1.08. The molecular weight excluding hydrogens is 280 g/mol. The SMILES string of the molecule is N#Cc1ccnc(Nc2nc3ccccc3s2)c1Cl. The quantitative estimate of drug-likeness (QED) is 0.774. The van der Waals surface area contributed by atoms with Gasteiger partial charge in [-0.2, -0.15) is 5.26 Å². The molecule has 6 heteroatoms. The largest absolute Gasteiger partial charge is 0.315 e. The number of aromatic nitrogens is 2. The highest BCUT2D eigenvalue weighted by atomic mass is 35.5. The van der Waals surface area contributed by atoms with Gasteiger partial charge in [-0.3, -0.25) is 0 Å². The smallest absolute Gasteiger partial charge is 0.189 e. The van der Waals surface area contributed by atoms with E-state index >= 15 is 0 Å². The summed E-state index contributed by atoms with van der Waals surface area (Å²) >= 11 is 7.60. The van der Waals surface area contributed by atoms with Gasteiger partial charge in [0.2, 0.25) is 0 Å². The van der Waals surface area contributed by atoms with Gasteiger partial charge in [0, 0.05) is 6.20 Å². The first-order valence-corrected chi connectivity index (χ1v) is 6.64. The van der Waals surface area contributed by atoms with Crippen LogP contribution in [0.4, 0.5) is 10.9 Å². The van der Waals surface area contributed by atoms with Crippen LogP contribution in [0.25, 0.3) is 10.2 Å². The molecule has 0 fully saturated rings. The van der Waals surface area contributed by atoms with E-state index in [1.54, 1.807) is 12.3 Å². The number of nitrogens with zero attached hydrogens (tertiary/aromatic N) is 3.